The van der Waals surface area contributed by atoms with Crippen LogP contribution in [0.3, 0.4) is 0 Å². The summed E-state index contributed by atoms with van der Waals surface area (Å²) < 4.78 is 5.85. The van der Waals surface area contributed by atoms with Crippen molar-refractivity contribution in [1.29, 1.82) is 5.26 Å². The topological polar surface area (TPSA) is 45.9 Å². The molecule has 0 saturated heterocycles. The highest BCUT2D eigenvalue weighted by Gasteiger charge is 2.08. The highest BCUT2D eigenvalue weighted by molar-refractivity contribution is 5.85. The molecule has 0 aliphatic rings. The van der Waals surface area contributed by atoms with Crippen molar-refractivity contribution in [2.45, 2.75) is 13.8 Å². The molecule has 3 aromatic rings. The lowest BCUT2D eigenvalue weighted by Crippen LogP contribution is -1.93. The second kappa shape index (κ2) is 5.26. The number of rotatable bonds is 2. The van der Waals surface area contributed by atoms with Gasteiger partial charge in [0.1, 0.15) is 11.8 Å². The van der Waals surface area contributed by atoms with Crippen LogP contribution < -0.4 is 4.74 Å². The molecule has 21 heavy (non-hydrogen) atoms. The first kappa shape index (κ1) is 13.1. The Bertz CT molecular complexity index is 863. The van der Waals surface area contributed by atoms with Gasteiger partial charge in [0.2, 0.25) is 5.88 Å². The Morgan fingerprint density at radius 1 is 1.05 bits per heavy atom. The van der Waals surface area contributed by atoms with E-state index in [-0.39, 0.29) is 0 Å². The molecule has 3 heteroatoms. The number of hydrogen-bond acceptors (Lipinski definition) is 3. The monoisotopic (exact) mass is 274 g/mol. The van der Waals surface area contributed by atoms with Crippen molar-refractivity contribution in [2.75, 3.05) is 0 Å². The van der Waals surface area contributed by atoms with E-state index in [2.05, 4.69) is 17.1 Å². The molecule has 0 saturated carbocycles. The Kier molecular flexibility index (Phi) is 3.29. The van der Waals surface area contributed by atoms with E-state index >= 15 is 0 Å². The maximum Gasteiger partial charge on any atom is 0.221 e. The van der Waals surface area contributed by atoms with Gasteiger partial charge in [-0.25, -0.2) is 4.98 Å². The second-order valence-electron chi connectivity index (χ2n) is 5.01. The van der Waals surface area contributed by atoms with Crippen LogP contribution in [-0.4, -0.2) is 4.98 Å². The summed E-state index contributed by atoms with van der Waals surface area (Å²) in [5, 5.41) is 10.1. The number of hydrogen-bond donors (Lipinski definition) is 0. The van der Waals surface area contributed by atoms with Gasteiger partial charge in [-0.1, -0.05) is 35.9 Å². The number of aryl methyl sites for hydroxylation is 2. The summed E-state index contributed by atoms with van der Waals surface area (Å²) in [7, 11) is 0. The number of aromatic nitrogens is 1. The first-order valence-corrected chi connectivity index (χ1v) is 6.72. The van der Waals surface area contributed by atoms with E-state index in [0.29, 0.717) is 11.4 Å². The van der Waals surface area contributed by atoms with E-state index in [1.807, 2.05) is 50.2 Å². The minimum atomic E-state index is 0.442. The van der Waals surface area contributed by atoms with E-state index in [0.717, 1.165) is 22.2 Å². The fraction of sp³-hybridized carbons (Fsp3) is 0.111. The standard InChI is InChI=1S/C18H14N2O/c1-12-7-8-17(13(2)9-12)21-18-10-14(11-19)15-5-3-4-6-16(15)20-18/h3-10H,1-2H3. The van der Waals surface area contributed by atoms with Crippen molar-refractivity contribution in [2.24, 2.45) is 0 Å². The Morgan fingerprint density at radius 2 is 1.86 bits per heavy atom. The van der Waals surface area contributed by atoms with Crippen LogP contribution in [0.15, 0.2) is 48.5 Å². The van der Waals surface area contributed by atoms with Crippen LogP contribution in [0.1, 0.15) is 16.7 Å². The number of nitrogens with zero attached hydrogens (tertiary/aromatic N) is 2. The maximum absolute atomic E-state index is 9.28. The maximum atomic E-state index is 9.28. The van der Waals surface area contributed by atoms with Crippen molar-refractivity contribution in [3.05, 3.63) is 65.2 Å². The molecule has 2 aromatic carbocycles. The summed E-state index contributed by atoms with van der Waals surface area (Å²) in [6.45, 7) is 4.04. The molecule has 1 heterocycles. The summed E-state index contributed by atoms with van der Waals surface area (Å²) in [5.41, 5.74) is 3.56. The molecule has 102 valence electrons. The first-order chi connectivity index (χ1) is 10.2. The fourth-order valence-electron chi connectivity index (χ4n) is 2.32. The van der Waals surface area contributed by atoms with Crippen molar-refractivity contribution in [3.8, 4) is 17.7 Å². The molecule has 0 aliphatic carbocycles. The van der Waals surface area contributed by atoms with Crippen LogP contribution in [0.5, 0.6) is 11.6 Å². The number of pyridine rings is 1. The van der Waals surface area contributed by atoms with E-state index < -0.39 is 0 Å². The molecule has 0 bridgehead atoms. The Morgan fingerprint density at radius 3 is 2.62 bits per heavy atom. The molecule has 0 aliphatic heterocycles. The SMILES string of the molecule is Cc1ccc(Oc2cc(C#N)c3ccccc3n2)c(C)c1. The van der Waals surface area contributed by atoms with Gasteiger partial charge in [-0.3, -0.25) is 0 Å². The van der Waals surface area contributed by atoms with Gasteiger partial charge in [0, 0.05) is 11.5 Å². The predicted molar refractivity (Wildman–Crippen MR) is 82.4 cm³/mol. The molecule has 0 N–H and O–H groups in total. The molecule has 0 atom stereocenters. The largest absolute Gasteiger partial charge is 0.439 e. The quantitative estimate of drug-likeness (QED) is 0.690. The zero-order chi connectivity index (χ0) is 14.8. The van der Waals surface area contributed by atoms with Gasteiger partial charge in [0.25, 0.3) is 0 Å². The zero-order valence-corrected chi connectivity index (χ0v) is 11.9. The average molecular weight is 274 g/mol. The van der Waals surface area contributed by atoms with Gasteiger partial charge in [-0.05, 0) is 31.5 Å². The highest BCUT2D eigenvalue weighted by Crippen LogP contribution is 2.27. The summed E-state index contributed by atoms with van der Waals surface area (Å²) in [5.74, 6) is 1.20. The molecule has 0 radical (unpaired) electrons. The number of ether oxygens (including phenoxy) is 1. The van der Waals surface area contributed by atoms with Crippen LogP contribution in [0, 0.1) is 25.2 Å². The number of fused-ring (bicyclic) bond motifs is 1. The van der Waals surface area contributed by atoms with Crippen LogP contribution in [0.4, 0.5) is 0 Å². The lowest BCUT2D eigenvalue weighted by molar-refractivity contribution is 0.461. The third-order valence-electron chi connectivity index (χ3n) is 3.36. The fourth-order valence-corrected chi connectivity index (χ4v) is 2.32. The summed E-state index contributed by atoms with van der Waals surface area (Å²) in [4.78, 5) is 4.47. The first-order valence-electron chi connectivity index (χ1n) is 6.72. The smallest absolute Gasteiger partial charge is 0.221 e. The lowest BCUT2D eigenvalue weighted by atomic mass is 10.1. The average Bonchev–Trinajstić information content (AvgIpc) is 2.49. The highest BCUT2D eigenvalue weighted by atomic mass is 16.5. The van der Waals surface area contributed by atoms with E-state index in [1.54, 1.807) is 6.07 Å². The van der Waals surface area contributed by atoms with Crippen LogP contribution >= 0.6 is 0 Å². The minimum absolute atomic E-state index is 0.442. The molecular formula is C18H14N2O. The van der Waals surface area contributed by atoms with Gasteiger partial charge in [-0.2, -0.15) is 5.26 Å². The molecule has 1 aromatic heterocycles. The van der Waals surface area contributed by atoms with Crippen molar-refractivity contribution >= 4 is 10.9 Å². The normalized spacial score (nSPS) is 10.3. The van der Waals surface area contributed by atoms with Crippen LogP contribution in [-0.2, 0) is 0 Å². The summed E-state index contributed by atoms with van der Waals surface area (Å²) >= 11 is 0. The van der Waals surface area contributed by atoms with Crippen molar-refractivity contribution < 1.29 is 4.74 Å². The molecule has 0 spiro atoms. The van der Waals surface area contributed by atoms with E-state index in [1.165, 1.54) is 5.56 Å². The van der Waals surface area contributed by atoms with Gasteiger partial charge < -0.3 is 4.74 Å². The van der Waals surface area contributed by atoms with Gasteiger partial charge >= 0.3 is 0 Å². The van der Waals surface area contributed by atoms with Crippen molar-refractivity contribution in [3.63, 3.8) is 0 Å². The summed E-state index contributed by atoms with van der Waals surface area (Å²) in [6.07, 6.45) is 0. The molecule has 0 unspecified atom stereocenters. The number of nitriles is 1. The van der Waals surface area contributed by atoms with Crippen LogP contribution in [0.2, 0.25) is 0 Å². The van der Waals surface area contributed by atoms with Crippen LogP contribution in [0.25, 0.3) is 10.9 Å². The Hall–Kier alpha value is -2.86. The minimum Gasteiger partial charge on any atom is -0.439 e. The van der Waals surface area contributed by atoms with Gasteiger partial charge in [0.05, 0.1) is 11.1 Å². The van der Waals surface area contributed by atoms with E-state index in [4.69, 9.17) is 4.74 Å². The second-order valence-corrected chi connectivity index (χ2v) is 5.01. The number of para-hydroxylation sites is 1. The van der Waals surface area contributed by atoms with Gasteiger partial charge in [0.15, 0.2) is 0 Å². The summed E-state index contributed by atoms with van der Waals surface area (Å²) in [6, 6.07) is 17.4. The molecular weight excluding hydrogens is 260 g/mol. The zero-order valence-electron chi connectivity index (χ0n) is 11.9. The molecule has 3 nitrogen and oxygen atoms in total. The molecule has 0 fully saturated rings. The molecule has 3 rings (SSSR count). The Balaban J connectivity index is 2.07. The predicted octanol–water partition coefficient (Wildman–Crippen LogP) is 4.52. The third-order valence-corrected chi connectivity index (χ3v) is 3.36. The van der Waals surface area contributed by atoms with E-state index in [9.17, 15) is 5.26 Å². The molecule has 0 amide bonds. The third kappa shape index (κ3) is 2.56. The number of benzene rings is 2. The van der Waals surface area contributed by atoms with Gasteiger partial charge in [-0.15, -0.1) is 0 Å². The Labute approximate surface area is 123 Å². The van der Waals surface area contributed by atoms with Crippen molar-refractivity contribution in [1.82, 2.24) is 4.98 Å². The lowest BCUT2D eigenvalue weighted by Gasteiger charge is -2.10.